The number of piperidine rings is 2. The Morgan fingerprint density at radius 3 is 1.79 bits per heavy atom. The zero-order valence-electron chi connectivity index (χ0n) is 17.0. The van der Waals surface area contributed by atoms with E-state index < -0.39 is 0 Å². The minimum atomic E-state index is 0.0109. The number of aromatic nitrogens is 3. The standard InChI is InChI=1S/C18H35N11/c19-12-3-13(20)8-28(7-12)17-25-16(24-6-11-1-2-23-5-11)26-18(27-17)29-9-14(21)4-15(22)10-29/h11-15,23H,1-10,19-22H2,(H,24,25,26,27). The maximum atomic E-state index is 6.19. The van der Waals surface area contributed by atoms with Gasteiger partial charge in [0.05, 0.1) is 0 Å². The summed E-state index contributed by atoms with van der Waals surface area (Å²) in [5.74, 6) is 2.38. The van der Waals surface area contributed by atoms with Gasteiger partial charge in [-0.05, 0) is 38.3 Å². The lowest BCUT2D eigenvalue weighted by Crippen LogP contribution is -2.54. The van der Waals surface area contributed by atoms with E-state index in [1.807, 2.05) is 0 Å². The summed E-state index contributed by atoms with van der Waals surface area (Å²) in [6.45, 7) is 5.64. The maximum absolute atomic E-state index is 6.19. The number of hydrogen-bond acceptors (Lipinski definition) is 11. The first kappa shape index (κ1) is 20.5. The lowest BCUT2D eigenvalue weighted by molar-refractivity contribution is 0.441. The average molecular weight is 406 g/mol. The minimum absolute atomic E-state index is 0.0109. The van der Waals surface area contributed by atoms with Crippen LogP contribution < -0.4 is 43.4 Å². The van der Waals surface area contributed by atoms with Crippen LogP contribution in [0, 0.1) is 5.92 Å². The van der Waals surface area contributed by atoms with E-state index in [9.17, 15) is 0 Å². The van der Waals surface area contributed by atoms with Gasteiger partial charge in [-0.15, -0.1) is 0 Å². The molecule has 1 aromatic heterocycles. The Kier molecular flexibility index (Phi) is 6.30. The fourth-order valence-corrected chi connectivity index (χ4v) is 4.52. The van der Waals surface area contributed by atoms with Gasteiger partial charge in [0.25, 0.3) is 0 Å². The Bertz CT molecular complexity index is 616. The normalized spacial score (nSPS) is 33.2. The van der Waals surface area contributed by atoms with Crippen LogP contribution in [0.1, 0.15) is 19.3 Å². The van der Waals surface area contributed by atoms with Gasteiger partial charge in [-0.25, -0.2) is 0 Å². The Hall–Kier alpha value is -1.79. The molecule has 1 aromatic rings. The van der Waals surface area contributed by atoms with Crippen LogP contribution in [-0.2, 0) is 0 Å². The molecule has 3 saturated heterocycles. The zero-order valence-corrected chi connectivity index (χ0v) is 17.0. The average Bonchev–Trinajstić information content (AvgIpc) is 3.18. The highest BCUT2D eigenvalue weighted by atomic mass is 15.4. The molecule has 3 fully saturated rings. The van der Waals surface area contributed by atoms with Crippen molar-refractivity contribution in [3.8, 4) is 0 Å². The molecule has 10 N–H and O–H groups in total. The van der Waals surface area contributed by atoms with Crippen molar-refractivity contribution in [2.45, 2.75) is 43.4 Å². The van der Waals surface area contributed by atoms with Gasteiger partial charge < -0.3 is 43.4 Å². The van der Waals surface area contributed by atoms with E-state index in [4.69, 9.17) is 37.9 Å². The van der Waals surface area contributed by atoms with Gasteiger partial charge in [0, 0.05) is 56.9 Å². The highest BCUT2D eigenvalue weighted by Gasteiger charge is 2.29. The molecule has 0 spiro atoms. The van der Waals surface area contributed by atoms with Crippen molar-refractivity contribution in [3.63, 3.8) is 0 Å². The number of hydrogen-bond donors (Lipinski definition) is 6. The van der Waals surface area contributed by atoms with E-state index in [1.165, 1.54) is 0 Å². The molecule has 0 bridgehead atoms. The summed E-state index contributed by atoms with van der Waals surface area (Å²) in [5.41, 5.74) is 24.8. The van der Waals surface area contributed by atoms with Crippen molar-refractivity contribution in [2.24, 2.45) is 28.9 Å². The van der Waals surface area contributed by atoms with Gasteiger partial charge in [0.1, 0.15) is 0 Å². The van der Waals surface area contributed by atoms with Crippen molar-refractivity contribution in [1.82, 2.24) is 20.3 Å². The molecule has 0 aromatic carbocycles. The highest BCUT2D eigenvalue weighted by Crippen LogP contribution is 2.22. The van der Waals surface area contributed by atoms with Crippen molar-refractivity contribution >= 4 is 17.8 Å². The van der Waals surface area contributed by atoms with E-state index in [0.717, 1.165) is 38.9 Å². The number of nitrogens with zero attached hydrogens (tertiary/aromatic N) is 5. The maximum Gasteiger partial charge on any atom is 0.232 e. The van der Waals surface area contributed by atoms with Crippen LogP contribution in [0.4, 0.5) is 17.8 Å². The highest BCUT2D eigenvalue weighted by molar-refractivity contribution is 5.46. The molecule has 29 heavy (non-hydrogen) atoms. The minimum Gasteiger partial charge on any atom is -0.354 e. The van der Waals surface area contributed by atoms with Crippen molar-refractivity contribution in [2.75, 3.05) is 60.9 Å². The monoisotopic (exact) mass is 405 g/mol. The van der Waals surface area contributed by atoms with Gasteiger partial charge in [-0.2, -0.15) is 15.0 Å². The number of anilines is 3. The third-order valence-electron chi connectivity index (χ3n) is 5.92. The molecule has 0 saturated carbocycles. The third-order valence-corrected chi connectivity index (χ3v) is 5.92. The lowest BCUT2D eigenvalue weighted by Gasteiger charge is -2.37. The van der Waals surface area contributed by atoms with Gasteiger partial charge >= 0.3 is 0 Å². The SMILES string of the molecule is NC1CC(N)CN(c2nc(NCC3CCNC3)nc(N3CC(N)CC(N)C3)n2)C1. The van der Waals surface area contributed by atoms with Crippen LogP contribution in [0.25, 0.3) is 0 Å². The summed E-state index contributed by atoms with van der Waals surface area (Å²) in [6.07, 6.45) is 2.78. The van der Waals surface area contributed by atoms with E-state index >= 15 is 0 Å². The first-order valence-corrected chi connectivity index (χ1v) is 10.7. The second kappa shape index (κ2) is 8.92. The molecule has 11 nitrogen and oxygen atoms in total. The Labute approximate surface area is 172 Å². The van der Waals surface area contributed by atoms with Crippen molar-refractivity contribution < 1.29 is 0 Å². The molecular weight excluding hydrogens is 370 g/mol. The number of rotatable bonds is 5. The lowest BCUT2D eigenvalue weighted by atomic mass is 10.0. The van der Waals surface area contributed by atoms with Gasteiger partial charge in [0.2, 0.25) is 17.8 Å². The van der Waals surface area contributed by atoms with Crippen LogP contribution in [-0.4, -0.2) is 84.9 Å². The molecule has 5 unspecified atom stereocenters. The molecule has 5 atom stereocenters. The smallest absolute Gasteiger partial charge is 0.232 e. The van der Waals surface area contributed by atoms with Gasteiger partial charge in [-0.1, -0.05) is 0 Å². The topological polar surface area (TPSA) is 173 Å². The predicted molar refractivity (Wildman–Crippen MR) is 115 cm³/mol. The Morgan fingerprint density at radius 1 is 0.828 bits per heavy atom. The van der Waals surface area contributed by atoms with Crippen LogP contribution in [0.5, 0.6) is 0 Å². The zero-order chi connectivity index (χ0) is 20.4. The summed E-state index contributed by atoms with van der Waals surface area (Å²) in [6, 6.07) is 0.0436. The summed E-state index contributed by atoms with van der Waals surface area (Å²) < 4.78 is 0. The number of nitrogens with two attached hydrogens (primary N) is 4. The molecule has 11 heteroatoms. The Balaban J connectivity index is 1.57. The molecule has 3 aliphatic heterocycles. The molecule has 4 rings (SSSR count). The molecule has 0 amide bonds. The first-order valence-electron chi connectivity index (χ1n) is 10.7. The van der Waals surface area contributed by atoms with E-state index in [-0.39, 0.29) is 24.2 Å². The van der Waals surface area contributed by atoms with Crippen LogP contribution in [0.3, 0.4) is 0 Å². The number of nitrogens with one attached hydrogen (secondary N) is 2. The largest absolute Gasteiger partial charge is 0.354 e. The fourth-order valence-electron chi connectivity index (χ4n) is 4.52. The predicted octanol–water partition coefficient (Wildman–Crippen LogP) is -2.38. The molecule has 0 aliphatic carbocycles. The third kappa shape index (κ3) is 5.23. The van der Waals surface area contributed by atoms with Crippen molar-refractivity contribution in [1.29, 1.82) is 0 Å². The van der Waals surface area contributed by atoms with Crippen LogP contribution in [0.2, 0.25) is 0 Å². The van der Waals surface area contributed by atoms with Gasteiger partial charge in [-0.3, -0.25) is 0 Å². The molecule has 3 aliphatic rings. The molecular formula is C18H35N11. The second-order valence-corrected chi connectivity index (χ2v) is 8.82. The van der Waals surface area contributed by atoms with Gasteiger partial charge in [0.15, 0.2) is 0 Å². The molecule has 0 radical (unpaired) electrons. The first-order chi connectivity index (χ1) is 14.0. The Morgan fingerprint density at radius 2 is 1.34 bits per heavy atom. The van der Waals surface area contributed by atoms with E-state index in [0.29, 0.717) is 49.9 Å². The van der Waals surface area contributed by atoms with E-state index in [1.54, 1.807) is 0 Å². The summed E-state index contributed by atoms with van der Waals surface area (Å²) in [7, 11) is 0. The fraction of sp³-hybridized carbons (Fsp3) is 0.833. The molecule has 162 valence electrons. The molecule has 4 heterocycles. The van der Waals surface area contributed by atoms with Crippen LogP contribution in [0.15, 0.2) is 0 Å². The summed E-state index contributed by atoms with van der Waals surface area (Å²) in [4.78, 5) is 18.3. The van der Waals surface area contributed by atoms with E-state index in [2.05, 4.69) is 20.4 Å². The second-order valence-electron chi connectivity index (χ2n) is 8.82. The summed E-state index contributed by atoms with van der Waals surface area (Å²) in [5, 5.41) is 6.80. The quantitative estimate of drug-likeness (QED) is 0.309. The van der Waals surface area contributed by atoms with Crippen molar-refractivity contribution in [3.05, 3.63) is 0 Å². The van der Waals surface area contributed by atoms with Crippen LogP contribution >= 0.6 is 0 Å². The summed E-state index contributed by atoms with van der Waals surface area (Å²) >= 11 is 0.